The Morgan fingerprint density at radius 3 is 2.50 bits per heavy atom. The number of nitrogens with zero attached hydrogens (tertiary/aromatic N) is 4. The number of benzene rings is 2. The molecule has 0 spiro atoms. The number of carboxylic acid groups (broad SMARTS) is 1. The summed E-state index contributed by atoms with van der Waals surface area (Å²) in [5.41, 5.74) is 9.49. The maximum absolute atomic E-state index is 16.0. The Bertz CT molecular complexity index is 1510. The first kappa shape index (κ1) is 26.1. The van der Waals surface area contributed by atoms with Gasteiger partial charge >= 0.3 is 5.97 Å². The van der Waals surface area contributed by atoms with E-state index in [2.05, 4.69) is 16.1 Å². The van der Waals surface area contributed by atoms with E-state index < -0.39 is 11.8 Å². The van der Waals surface area contributed by atoms with Crippen LogP contribution in [0.2, 0.25) is 0 Å². The molecule has 3 aliphatic rings. The van der Waals surface area contributed by atoms with Crippen molar-refractivity contribution >= 4 is 11.9 Å². The highest BCUT2D eigenvalue weighted by molar-refractivity contribution is 5.96. The number of rotatable bonds is 6. The van der Waals surface area contributed by atoms with Gasteiger partial charge in [0.2, 0.25) is 0 Å². The predicted octanol–water partition coefficient (Wildman–Crippen LogP) is 4.68. The summed E-state index contributed by atoms with van der Waals surface area (Å²) in [6.45, 7) is 4.04. The standard InChI is InChI=1S/C30H33FN6O3/c1-17-7-4-8-18(2)36(17)29(38)22-12-6-11-21(27(22)31)19-9-5-10-20(13-19)37-28(25(15-32-37)30(39)40)24-14-23(24)26-16-35(3)34-33-26/h5-6,9-13,15-18,23-24,33-34H,4,7-8,14H2,1-3H3,(H,39,40)/t17-,18+,23-,24-/m1/s1. The number of likely N-dealkylation sites (tertiary alicyclic amines) is 1. The number of aromatic carboxylic acids is 1. The minimum Gasteiger partial charge on any atom is -0.478 e. The van der Waals surface area contributed by atoms with Crippen LogP contribution in [0, 0.1) is 11.7 Å². The van der Waals surface area contributed by atoms with Crippen LogP contribution in [0.5, 0.6) is 0 Å². The van der Waals surface area contributed by atoms with Gasteiger partial charge < -0.3 is 15.4 Å². The third kappa shape index (κ3) is 4.52. The number of hydrazine groups is 2. The molecule has 6 rings (SSSR count). The second kappa shape index (κ2) is 10.1. The summed E-state index contributed by atoms with van der Waals surface area (Å²) in [5, 5.41) is 16.2. The molecule has 1 amide bonds. The van der Waals surface area contributed by atoms with E-state index in [0.717, 1.165) is 31.4 Å². The Balaban J connectivity index is 1.35. The van der Waals surface area contributed by atoms with Gasteiger partial charge in [-0.15, -0.1) is 5.53 Å². The highest BCUT2D eigenvalue weighted by Crippen LogP contribution is 2.52. The minimum atomic E-state index is -1.04. The smallest absolute Gasteiger partial charge is 0.339 e. The van der Waals surface area contributed by atoms with Crippen LogP contribution in [0.15, 0.2) is 60.6 Å². The largest absolute Gasteiger partial charge is 0.478 e. The van der Waals surface area contributed by atoms with Gasteiger partial charge in [-0.2, -0.15) is 5.10 Å². The van der Waals surface area contributed by atoms with Crippen molar-refractivity contribution in [2.45, 2.75) is 57.5 Å². The fourth-order valence-electron chi connectivity index (χ4n) is 6.23. The Morgan fingerprint density at radius 2 is 1.80 bits per heavy atom. The van der Waals surface area contributed by atoms with Crippen LogP contribution in [0.3, 0.4) is 0 Å². The number of hydrogen-bond donors (Lipinski definition) is 3. The lowest BCUT2D eigenvalue weighted by molar-refractivity contribution is 0.0505. The van der Waals surface area contributed by atoms with Gasteiger partial charge in [-0.1, -0.05) is 24.3 Å². The highest BCUT2D eigenvalue weighted by Gasteiger charge is 2.46. The molecular formula is C30H33FN6O3. The molecule has 10 heteroatoms. The summed E-state index contributed by atoms with van der Waals surface area (Å²) in [6.07, 6.45) is 6.99. The van der Waals surface area contributed by atoms with Crippen LogP contribution in [0.1, 0.15) is 71.9 Å². The highest BCUT2D eigenvalue weighted by atomic mass is 19.1. The van der Waals surface area contributed by atoms with Crippen LogP contribution in [0.25, 0.3) is 16.8 Å². The second-order valence-corrected chi connectivity index (χ2v) is 11.1. The topological polar surface area (TPSA) is 103 Å². The van der Waals surface area contributed by atoms with Crippen LogP contribution in [0.4, 0.5) is 4.39 Å². The quantitative estimate of drug-likeness (QED) is 0.414. The second-order valence-electron chi connectivity index (χ2n) is 11.1. The number of halogens is 1. The lowest BCUT2D eigenvalue weighted by atomic mass is 9.95. The summed E-state index contributed by atoms with van der Waals surface area (Å²) in [5.74, 6) is -1.78. The van der Waals surface area contributed by atoms with E-state index in [9.17, 15) is 14.7 Å². The molecule has 0 bridgehead atoms. The van der Waals surface area contributed by atoms with Crippen LogP contribution in [-0.4, -0.2) is 55.8 Å². The fraction of sp³-hybridized carbons (Fsp3) is 0.367. The average molecular weight is 545 g/mol. The molecule has 9 nitrogen and oxygen atoms in total. The molecule has 2 aromatic carbocycles. The van der Waals surface area contributed by atoms with E-state index in [1.54, 1.807) is 46.0 Å². The summed E-state index contributed by atoms with van der Waals surface area (Å²) in [6, 6.07) is 12.2. The van der Waals surface area contributed by atoms with Gasteiger partial charge in [0, 0.05) is 48.4 Å². The average Bonchev–Trinajstić information content (AvgIpc) is 3.37. The Morgan fingerprint density at radius 1 is 1.05 bits per heavy atom. The summed E-state index contributed by atoms with van der Waals surface area (Å²) >= 11 is 0. The molecule has 1 saturated heterocycles. The Kier molecular flexibility index (Phi) is 6.58. The van der Waals surface area contributed by atoms with Gasteiger partial charge in [0.15, 0.2) is 0 Å². The van der Waals surface area contributed by atoms with Crippen LogP contribution in [-0.2, 0) is 0 Å². The number of amides is 1. The molecule has 208 valence electrons. The molecule has 0 unspecified atom stereocenters. The van der Waals surface area contributed by atoms with E-state index in [1.165, 1.54) is 6.20 Å². The molecule has 2 fully saturated rings. The Labute approximate surface area is 232 Å². The maximum Gasteiger partial charge on any atom is 0.339 e. The van der Waals surface area contributed by atoms with Crippen molar-refractivity contribution in [1.82, 2.24) is 30.6 Å². The lowest BCUT2D eigenvalue weighted by Crippen LogP contribution is -2.47. The number of piperidine rings is 1. The van der Waals surface area contributed by atoms with Gasteiger partial charge in [-0.3, -0.25) is 9.80 Å². The van der Waals surface area contributed by atoms with Crippen LogP contribution >= 0.6 is 0 Å². The van der Waals surface area contributed by atoms with E-state index in [4.69, 9.17) is 0 Å². The van der Waals surface area contributed by atoms with E-state index in [1.807, 2.05) is 38.2 Å². The van der Waals surface area contributed by atoms with E-state index in [-0.39, 0.29) is 41.0 Å². The number of hydrogen-bond acceptors (Lipinski definition) is 6. The van der Waals surface area contributed by atoms with Crippen molar-refractivity contribution in [2.75, 3.05) is 7.05 Å². The minimum absolute atomic E-state index is 0.0319. The first-order valence-corrected chi connectivity index (χ1v) is 13.7. The summed E-state index contributed by atoms with van der Waals surface area (Å²) in [7, 11) is 1.88. The molecule has 3 aromatic rings. The predicted molar refractivity (Wildman–Crippen MR) is 148 cm³/mol. The van der Waals surface area contributed by atoms with Crippen molar-refractivity contribution in [3.63, 3.8) is 0 Å². The zero-order valence-electron chi connectivity index (χ0n) is 22.8. The van der Waals surface area contributed by atoms with Crippen molar-refractivity contribution in [2.24, 2.45) is 5.92 Å². The molecule has 3 heterocycles. The molecule has 2 aliphatic heterocycles. The number of aromatic nitrogens is 2. The van der Waals surface area contributed by atoms with Gasteiger partial charge in [0.25, 0.3) is 5.91 Å². The SMILES string of the molecule is C[C@@H]1CCC[C@H](C)N1C(=O)c1cccc(-c2cccc(-n3ncc(C(=O)O)c3[C@@H]3C[C@H]3C3=CN(C)NN3)c2)c1F. The van der Waals surface area contributed by atoms with E-state index in [0.29, 0.717) is 22.5 Å². The summed E-state index contributed by atoms with van der Waals surface area (Å²) < 4.78 is 17.6. The van der Waals surface area contributed by atoms with Crippen LogP contribution < -0.4 is 11.0 Å². The molecule has 1 aromatic heterocycles. The first-order valence-electron chi connectivity index (χ1n) is 13.7. The first-order chi connectivity index (χ1) is 19.2. The normalized spacial score (nSPS) is 24.1. The number of allylic oxidation sites excluding steroid dienone is 1. The number of carboxylic acids is 1. The molecule has 0 radical (unpaired) electrons. The molecule has 3 N–H and O–H groups in total. The monoisotopic (exact) mass is 544 g/mol. The zero-order chi connectivity index (χ0) is 28.1. The maximum atomic E-state index is 16.0. The molecule has 40 heavy (non-hydrogen) atoms. The Hall–Kier alpha value is -4.18. The number of carbonyl (C=O) groups is 2. The van der Waals surface area contributed by atoms with Crippen molar-refractivity contribution in [1.29, 1.82) is 0 Å². The molecule has 1 aliphatic carbocycles. The van der Waals surface area contributed by atoms with Gasteiger partial charge in [-0.05, 0) is 63.3 Å². The molecule has 4 atom stereocenters. The third-order valence-corrected chi connectivity index (χ3v) is 8.35. The fourth-order valence-corrected chi connectivity index (χ4v) is 6.23. The lowest BCUT2D eigenvalue weighted by Gasteiger charge is -2.39. The van der Waals surface area contributed by atoms with Gasteiger partial charge in [-0.25, -0.2) is 13.9 Å². The number of nitrogens with one attached hydrogen (secondary N) is 2. The third-order valence-electron chi connectivity index (χ3n) is 8.35. The summed E-state index contributed by atoms with van der Waals surface area (Å²) in [4.78, 5) is 27.4. The molecule has 1 saturated carbocycles. The zero-order valence-corrected chi connectivity index (χ0v) is 22.8. The van der Waals surface area contributed by atoms with Crippen molar-refractivity contribution < 1.29 is 19.1 Å². The van der Waals surface area contributed by atoms with E-state index >= 15 is 4.39 Å². The number of carbonyl (C=O) groups excluding carboxylic acids is 1. The van der Waals surface area contributed by atoms with Crippen molar-refractivity contribution in [3.05, 3.63) is 83.2 Å². The van der Waals surface area contributed by atoms with Gasteiger partial charge in [0.05, 0.1) is 23.1 Å². The molecular weight excluding hydrogens is 511 g/mol. The van der Waals surface area contributed by atoms with Gasteiger partial charge in [0.1, 0.15) is 11.4 Å². The van der Waals surface area contributed by atoms with Crippen molar-refractivity contribution in [3.8, 4) is 16.8 Å².